The lowest BCUT2D eigenvalue weighted by Crippen LogP contribution is -2.37. The first kappa shape index (κ1) is 13.8. The molecule has 0 heterocycles. The van der Waals surface area contributed by atoms with Crippen LogP contribution in [0.5, 0.6) is 0 Å². The van der Waals surface area contributed by atoms with Crippen LogP contribution in [0, 0.1) is 12.8 Å². The molecule has 1 fully saturated rings. The minimum atomic E-state index is -0.0770. The van der Waals surface area contributed by atoms with Gasteiger partial charge in [-0.25, -0.2) is 0 Å². The average Bonchev–Trinajstić information content (AvgIpc) is 2.84. The fourth-order valence-corrected chi connectivity index (χ4v) is 2.62. The summed E-state index contributed by atoms with van der Waals surface area (Å²) >= 11 is 0. The third-order valence-electron chi connectivity index (χ3n) is 3.69. The standard InChI is InChI=1S/C16H21NO2/c1-12-4-2-5-13(10-12)8-9-16(19)17-15-7-3-6-14(15)11-18/h2,4-5,8-10,14-15,18H,3,6-7,11H2,1H3,(H,17,19)/b9-8+. The summed E-state index contributed by atoms with van der Waals surface area (Å²) in [5.41, 5.74) is 2.21. The molecular weight excluding hydrogens is 238 g/mol. The van der Waals surface area contributed by atoms with E-state index in [0.717, 1.165) is 24.8 Å². The highest BCUT2D eigenvalue weighted by Gasteiger charge is 2.27. The Hall–Kier alpha value is -1.61. The summed E-state index contributed by atoms with van der Waals surface area (Å²) in [7, 11) is 0. The maximum absolute atomic E-state index is 11.8. The van der Waals surface area contributed by atoms with Gasteiger partial charge in [0.25, 0.3) is 0 Å². The number of hydrogen-bond donors (Lipinski definition) is 2. The van der Waals surface area contributed by atoms with Crippen LogP contribution in [0.3, 0.4) is 0 Å². The van der Waals surface area contributed by atoms with Crippen molar-refractivity contribution in [2.24, 2.45) is 5.92 Å². The molecule has 0 saturated heterocycles. The molecule has 1 amide bonds. The highest BCUT2D eigenvalue weighted by Crippen LogP contribution is 2.24. The van der Waals surface area contributed by atoms with Crippen LogP contribution in [0.25, 0.3) is 6.08 Å². The van der Waals surface area contributed by atoms with Crippen molar-refractivity contribution in [2.75, 3.05) is 6.61 Å². The Morgan fingerprint density at radius 2 is 2.32 bits per heavy atom. The van der Waals surface area contributed by atoms with Gasteiger partial charge in [0.05, 0.1) is 0 Å². The van der Waals surface area contributed by atoms with Crippen LogP contribution in [-0.4, -0.2) is 23.7 Å². The molecule has 1 aliphatic rings. The number of nitrogens with one attached hydrogen (secondary N) is 1. The largest absolute Gasteiger partial charge is 0.396 e. The number of benzene rings is 1. The van der Waals surface area contributed by atoms with Crippen molar-refractivity contribution in [3.8, 4) is 0 Å². The zero-order valence-electron chi connectivity index (χ0n) is 11.3. The first-order chi connectivity index (χ1) is 9.19. The number of aliphatic hydroxyl groups is 1. The molecule has 102 valence electrons. The Bertz CT molecular complexity index is 468. The summed E-state index contributed by atoms with van der Waals surface area (Å²) in [6.07, 6.45) is 6.45. The second-order valence-electron chi connectivity index (χ2n) is 5.24. The Morgan fingerprint density at radius 3 is 3.05 bits per heavy atom. The summed E-state index contributed by atoms with van der Waals surface area (Å²) in [5.74, 6) is 0.142. The molecule has 0 bridgehead atoms. The number of carbonyl (C=O) groups is 1. The van der Waals surface area contributed by atoms with Gasteiger partial charge in [-0.2, -0.15) is 0 Å². The molecule has 2 rings (SSSR count). The van der Waals surface area contributed by atoms with Gasteiger partial charge in [0.1, 0.15) is 0 Å². The molecule has 1 aliphatic carbocycles. The second-order valence-corrected chi connectivity index (χ2v) is 5.24. The highest BCUT2D eigenvalue weighted by atomic mass is 16.3. The first-order valence-corrected chi connectivity index (χ1v) is 6.85. The second kappa shape index (κ2) is 6.53. The molecule has 1 aromatic carbocycles. The van der Waals surface area contributed by atoms with E-state index < -0.39 is 0 Å². The summed E-state index contributed by atoms with van der Waals surface area (Å²) in [6.45, 7) is 2.19. The van der Waals surface area contributed by atoms with Gasteiger partial charge >= 0.3 is 0 Å². The average molecular weight is 259 g/mol. The van der Waals surface area contributed by atoms with Gasteiger partial charge in [0.15, 0.2) is 0 Å². The minimum absolute atomic E-state index is 0.0770. The van der Waals surface area contributed by atoms with Crippen LogP contribution in [0.4, 0.5) is 0 Å². The van der Waals surface area contributed by atoms with Crippen LogP contribution in [-0.2, 0) is 4.79 Å². The third-order valence-corrected chi connectivity index (χ3v) is 3.69. The van der Waals surface area contributed by atoms with E-state index in [1.54, 1.807) is 6.08 Å². The van der Waals surface area contributed by atoms with Gasteiger partial charge in [-0.3, -0.25) is 4.79 Å². The first-order valence-electron chi connectivity index (χ1n) is 6.85. The summed E-state index contributed by atoms with van der Waals surface area (Å²) in [4.78, 5) is 11.8. The van der Waals surface area contributed by atoms with Crippen molar-refractivity contribution in [2.45, 2.75) is 32.2 Å². The fourth-order valence-electron chi connectivity index (χ4n) is 2.62. The maximum atomic E-state index is 11.8. The van der Waals surface area contributed by atoms with E-state index in [0.29, 0.717) is 0 Å². The highest BCUT2D eigenvalue weighted by molar-refractivity contribution is 5.91. The zero-order valence-corrected chi connectivity index (χ0v) is 11.3. The quantitative estimate of drug-likeness (QED) is 0.815. The van der Waals surface area contributed by atoms with E-state index in [-0.39, 0.29) is 24.5 Å². The zero-order chi connectivity index (χ0) is 13.7. The molecule has 19 heavy (non-hydrogen) atoms. The molecule has 3 heteroatoms. The molecule has 1 aromatic rings. The van der Waals surface area contributed by atoms with Crippen molar-refractivity contribution in [3.05, 3.63) is 41.5 Å². The number of aliphatic hydroxyl groups excluding tert-OH is 1. The van der Waals surface area contributed by atoms with Crippen molar-refractivity contribution < 1.29 is 9.90 Å². The molecule has 0 aliphatic heterocycles. The number of carbonyl (C=O) groups excluding carboxylic acids is 1. The van der Waals surface area contributed by atoms with Crippen molar-refractivity contribution in [1.29, 1.82) is 0 Å². The van der Waals surface area contributed by atoms with Crippen LogP contribution in [0.1, 0.15) is 30.4 Å². The molecule has 0 spiro atoms. The maximum Gasteiger partial charge on any atom is 0.244 e. The number of aryl methyl sites for hydroxylation is 1. The fraction of sp³-hybridized carbons (Fsp3) is 0.438. The van der Waals surface area contributed by atoms with E-state index in [2.05, 4.69) is 5.32 Å². The van der Waals surface area contributed by atoms with Crippen LogP contribution < -0.4 is 5.32 Å². The number of rotatable bonds is 4. The van der Waals surface area contributed by atoms with E-state index in [1.807, 2.05) is 37.3 Å². The Labute approximate surface area is 114 Å². The van der Waals surface area contributed by atoms with Gasteiger partial charge in [-0.1, -0.05) is 36.2 Å². The van der Waals surface area contributed by atoms with E-state index in [1.165, 1.54) is 5.56 Å². The van der Waals surface area contributed by atoms with Gasteiger partial charge in [0, 0.05) is 24.6 Å². The van der Waals surface area contributed by atoms with Crippen molar-refractivity contribution in [3.63, 3.8) is 0 Å². The van der Waals surface area contributed by atoms with Gasteiger partial charge < -0.3 is 10.4 Å². The summed E-state index contributed by atoms with van der Waals surface area (Å²) in [6, 6.07) is 8.14. The predicted octanol–water partition coefficient (Wildman–Crippen LogP) is 2.29. The Morgan fingerprint density at radius 1 is 1.47 bits per heavy atom. The van der Waals surface area contributed by atoms with E-state index in [4.69, 9.17) is 0 Å². The van der Waals surface area contributed by atoms with E-state index >= 15 is 0 Å². The van der Waals surface area contributed by atoms with Crippen LogP contribution >= 0.6 is 0 Å². The lowest BCUT2D eigenvalue weighted by atomic mass is 10.1. The lowest BCUT2D eigenvalue weighted by Gasteiger charge is -2.17. The molecular formula is C16H21NO2. The SMILES string of the molecule is Cc1cccc(/C=C/C(=O)NC2CCCC2CO)c1. The predicted molar refractivity (Wildman–Crippen MR) is 76.6 cm³/mol. The number of amides is 1. The summed E-state index contributed by atoms with van der Waals surface area (Å²) < 4.78 is 0. The van der Waals surface area contributed by atoms with Gasteiger partial charge in [-0.15, -0.1) is 0 Å². The lowest BCUT2D eigenvalue weighted by molar-refractivity contribution is -0.117. The van der Waals surface area contributed by atoms with Gasteiger partial charge in [0.2, 0.25) is 5.91 Å². The summed E-state index contributed by atoms with van der Waals surface area (Å²) in [5, 5.41) is 12.2. The smallest absolute Gasteiger partial charge is 0.244 e. The molecule has 2 N–H and O–H groups in total. The Balaban J connectivity index is 1.90. The topological polar surface area (TPSA) is 49.3 Å². The molecule has 0 radical (unpaired) electrons. The molecule has 3 nitrogen and oxygen atoms in total. The molecule has 2 atom stereocenters. The third kappa shape index (κ3) is 3.93. The van der Waals surface area contributed by atoms with Gasteiger partial charge in [-0.05, 0) is 31.4 Å². The number of hydrogen-bond acceptors (Lipinski definition) is 2. The van der Waals surface area contributed by atoms with Crippen LogP contribution in [0.2, 0.25) is 0 Å². The molecule has 1 saturated carbocycles. The van der Waals surface area contributed by atoms with E-state index in [9.17, 15) is 9.90 Å². The Kier molecular flexibility index (Phi) is 4.74. The molecule has 0 aromatic heterocycles. The monoisotopic (exact) mass is 259 g/mol. The minimum Gasteiger partial charge on any atom is -0.396 e. The van der Waals surface area contributed by atoms with Crippen molar-refractivity contribution in [1.82, 2.24) is 5.32 Å². The van der Waals surface area contributed by atoms with Crippen LogP contribution in [0.15, 0.2) is 30.3 Å². The molecule has 2 unspecified atom stereocenters. The normalized spacial score (nSPS) is 22.8. The van der Waals surface area contributed by atoms with Crippen molar-refractivity contribution >= 4 is 12.0 Å².